The fraction of sp³-hybridized carbons (Fsp3) is 0.211. The minimum atomic E-state index is -0.0186. The lowest BCUT2D eigenvalue weighted by molar-refractivity contribution is 0.0692. The van der Waals surface area contributed by atoms with E-state index in [-0.39, 0.29) is 11.9 Å². The third kappa shape index (κ3) is 3.21. The largest absolute Gasteiger partial charge is 0.332 e. The second-order valence-electron chi connectivity index (χ2n) is 5.74. The van der Waals surface area contributed by atoms with Crippen molar-refractivity contribution in [3.63, 3.8) is 0 Å². The topological polar surface area (TPSA) is 46.1 Å². The van der Waals surface area contributed by atoms with E-state index in [0.29, 0.717) is 17.6 Å². The van der Waals surface area contributed by atoms with Crippen molar-refractivity contribution in [1.29, 1.82) is 0 Å². The molecule has 1 heterocycles. The van der Waals surface area contributed by atoms with E-state index in [4.69, 9.17) is 0 Å². The molecular weight excluding hydrogens is 286 g/mol. The van der Waals surface area contributed by atoms with Crippen LogP contribution in [0.1, 0.15) is 29.8 Å². The Morgan fingerprint density at radius 2 is 1.74 bits per heavy atom. The minimum Gasteiger partial charge on any atom is -0.332 e. The number of nitrogens with zero attached hydrogens (tertiary/aromatic N) is 3. The van der Waals surface area contributed by atoms with Crippen molar-refractivity contribution in [2.75, 3.05) is 0 Å². The molecule has 4 nitrogen and oxygen atoms in total. The first kappa shape index (κ1) is 15.2. The second kappa shape index (κ2) is 6.57. The summed E-state index contributed by atoms with van der Waals surface area (Å²) in [6.45, 7) is 4.63. The molecule has 0 unspecified atom stereocenters. The highest BCUT2D eigenvalue weighted by Gasteiger charge is 2.21. The third-order valence-corrected chi connectivity index (χ3v) is 3.81. The van der Waals surface area contributed by atoms with Gasteiger partial charge >= 0.3 is 0 Å². The Bertz CT molecular complexity index is 810. The zero-order valence-corrected chi connectivity index (χ0v) is 13.3. The van der Waals surface area contributed by atoms with E-state index in [9.17, 15) is 4.79 Å². The summed E-state index contributed by atoms with van der Waals surface area (Å²) in [5, 5.41) is 0. The maximum atomic E-state index is 13.1. The van der Waals surface area contributed by atoms with Crippen molar-refractivity contribution in [2.45, 2.75) is 26.4 Å². The third-order valence-electron chi connectivity index (χ3n) is 3.81. The summed E-state index contributed by atoms with van der Waals surface area (Å²) in [5.74, 6) is -0.0186. The number of benzene rings is 2. The van der Waals surface area contributed by atoms with Crippen LogP contribution in [0.3, 0.4) is 0 Å². The summed E-state index contributed by atoms with van der Waals surface area (Å²) in [7, 11) is 0. The van der Waals surface area contributed by atoms with Crippen molar-refractivity contribution in [3.05, 3.63) is 72.1 Å². The molecule has 0 fully saturated rings. The van der Waals surface area contributed by atoms with Crippen molar-refractivity contribution in [1.82, 2.24) is 14.9 Å². The smallest absolute Gasteiger partial charge is 0.256 e. The van der Waals surface area contributed by atoms with Crippen LogP contribution in [0.2, 0.25) is 0 Å². The van der Waals surface area contributed by atoms with Gasteiger partial charge in [0.25, 0.3) is 5.91 Å². The van der Waals surface area contributed by atoms with Crippen LogP contribution >= 0.6 is 0 Å². The van der Waals surface area contributed by atoms with Crippen LogP contribution in [-0.2, 0) is 6.54 Å². The number of aromatic nitrogens is 2. The predicted octanol–water partition coefficient (Wildman–Crippen LogP) is 3.68. The summed E-state index contributed by atoms with van der Waals surface area (Å²) in [6, 6.07) is 15.7. The molecule has 0 saturated carbocycles. The Hall–Kier alpha value is -2.75. The number of hydrogen-bond acceptors (Lipinski definition) is 3. The van der Waals surface area contributed by atoms with Crippen LogP contribution in [0.25, 0.3) is 11.0 Å². The zero-order valence-electron chi connectivity index (χ0n) is 13.3. The number of carbonyl (C=O) groups is 1. The lowest BCUT2D eigenvalue weighted by Crippen LogP contribution is -2.36. The molecule has 0 spiro atoms. The molecule has 0 aliphatic carbocycles. The lowest BCUT2D eigenvalue weighted by atomic mass is 10.1. The summed E-state index contributed by atoms with van der Waals surface area (Å²) >= 11 is 0. The molecule has 0 saturated heterocycles. The molecule has 0 N–H and O–H groups in total. The maximum Gasteiger partial charge on any atom is 0.256 e. The average molecular weight is 305 g/mol. The van der Waals surface area contributed by atoms with Gasteiger partial charge in [0.2, 0.25) is 0 Å². The molecule has 23 heavy (non-hydrogen) atoms. The minimum absolute atomic E-state index is 0.0186. The van der Waals surface area contributed by atoms with E-state index in [2.05, 4.69) is 9.97 Å². The van der Waals surface area contributed by atoms with E-state index in [1.165, 1.54) is 0 Å². The molecule has 1 amide bonds. The molecule has 0 aliphatic rings. The van der Waals surface area contributed by atoms with Gasteiger partial charge < -0.3 is 4.90 Å². The van der Waals surface area contributed by atoms with E-state index >= 15 is 0 Å². The first-order chi connectivity index (χ1) is 11.2. The Kier molecular flexibility index (Phi) is 4.33. The fourth-order valence-electron chi connectivity index (χ4n) is 2.59. The van der Waals surface area contributed by atoms with E-state index in [1.54, 1.807) is 12.4 Å². The fourth-order valence-corrected chi connectivity index (χ4v) is 2.59. The quantitative estimate of drug-likeness (QED) is 0.738. The Balaban J connectivity index is 1.97. The monoisotopic (exact) mass is 305 g/mol. The van der Waals surface area contributed by atoms with Crippen LogP contribution in [0, 0.1) is 0 Å². The van der Waals surface area contributed by atoms with Crippen molar-refractivity contribution < 1.29 is 4.79 Å². The predicted molar refractivity (Wildman–Crippen MR) is 91.0 cm³/mol. The molecule has 0 aliphatic heterocycles. The maximum absolute atomic E-state index is 13.1. The average Bonchev–Trinajstić information content (AvgIpc) is 2.59. The van der Waals surface area contributed by atoms with Gasteiger partial charge in [-0.05, 0) is 31.5 Å². The summed E-state index contributed by atoms with van der Waals surface area (Å²) in [4.78, 5) is 23.5. The molecular formula is C19H19N3O. The molecule has 1 aromatic heterocycles. The van der Waals surface area contributed by atoms with E-state index < -0.39 is 0 Å². The SMILES string of the molecule is CC(C)N(Cc1ccccc1)C(=O)c1cccc2nccnc12. The van der Waals surface area contributed by atoms with Crippen molar-refractivity contribution >= 4 is 16.9 Å². The number of rotatable bonds is 4. The van der Waals surface area contributed by atoms with Crippen LogP contribution in [0.5, 0.6) is 0 Å². The number of carbonyl (C=O) groups excluding carboxylic acids is 1. The molecule has 4 heteroatoms. The zero-order chi connectivity index (χ0) is 16.2. The van der Waals surface area contributed by atoms with Crippen molar-refractivity contribution in [2.24, 2.45) is 0 Å². The van der Waals surface area contributed by atoms with Gasteiger partial charge in [0.1, 0.15) is 5.52 Å². The molecule has 0 bridgehead atoms. The van der Waals surface area contributed by atoms with E-state index in [0.717, 1.165) is 11.1 Å². The van der Waals surface area contributed by atoms with Gasteiger partial charge in [0, 0.05) is 25.0 Å². The van der Waals surface area contributed by atoms with Gasteiger partial charge in [0.15, 0.2) is 0 Å². The molecule has 0 atom stereocenters. The second-order valence-corrected chi connectivity index (χ2v) is 5.74. The molecule has 0 radical (unpaired) electrons. The number of para-hydroxylation sites is 1. The normalized spacial score (nSPS) is 10.9. The standard InChI is InChI=1S/C19H19N3O/c1-14(2)22(13-15-7-4-3-5-8-15)19(23)16-9-6-10-17-18(16)21-12-11-20-17/h3-12,14H,13H2,1-2H3. The van der Waals surface area contributed by atoms with Crippen LogP contribution in [0.15, 0.2) is 60.9 Å². The Morgan fingerprint density at radius 3 is 2.48 bits per heavy atom. The lowest BCUT2D eigenvalue weighted by Gasteiger charge is -2.27. The molecule has 2 aromatic carbocycles. The highest BCUT2D eigenvalue weighted by atomic mass is 16.2. The van der Waals surface area contributed by atoms with Crippen LogP contribution in [0.4, 0.5) is 0 Å². The number of amides is 1. The first-order valence-corrected chi connectivity index (χ1v) is 7.71. The molecule has 3 aromatic rings. The van der Waals surface area contributed by atoms with Gasteiger partial charge in [0.05, 0.1) is 11.1 Å². The van der Waals surface area contributed by atoms with Gasteiger partial charge in [-0.15, -0.1) is 0 Å². The Morgan fingerprint density at radius 1 is 1.00 bits per heavy atom. The summed E-state index contributed by atoms with van der Waals surface area (Å²) < 4.78 is 0. The summed E-state index contributed by atoms with van der Waals surface area (Å²) in [5.41, 5.74) is 3.10. The summed E-state index contributed by atoms with van der Waals surface area (Å²) in [6.07, 6.45) is 3.26. The van der Waals surface area contributed by atoms with E-state index in [1.807, 2.05) is 67.3 Å². The highest BCUT2D eigenvalue weighted by Crippen LogP contribution is 2.19. The molecule has 116 valence electrons. The van der Waals surface area contributed by atoms with Gasteiger partial charge in [-0.2, -0.15) is 0 Å². The van der Waals surface area contributed by atoms with Gasteiger partial charge in [-0.1, -0.05) is 36.4 Å². The highest BCUT2D eigenvalue weighted by molar-refractivity contribution is 6.04. The number of fused-ring (bicyclic) bond motifs is 1. The van der Waals surface area contributed by atoms with Crippen molar-refractivity contribution in [3.8, 4) is 0 Å². The molecule has 3 rings (SSSR count). The van der Waals surface area contributed by atoms with Gasteiger partial charge in [-0.3, -0.25) is 14.8 Å². The van der Waals surface area contributed by atoms with Crippen LogP contribution < -0.4 is 0 Å². The number of hydrogen-bond donors (Lipinski definition) is 0. The first-order valence-electron chi connectivity index (χ1n) is 7.71. The Labute approximate surface area is 135 Å². The van der Waals surface area contributed by atoms with Gasteiger partial charge in [-0.25, -0.2) is 0 Å². The van der Waals surface area contributed by atoms with Crippen LogP contribution in [-0.4, -0.2) is 26.8 Å².